The van der Waals surface area contributed by atoms with E-state index in [0.29, 0.717) is 24.4 Å². The van der Waals surface area contributed by atoms with Crippen molar-refractivity contribution in [2.45, 2.75) is 163 Å². The number of nitrogens with one attached hydrogen (secondary N) is 1. The molecule has 0 bridgehead atoms. The molecule has 322 valence electrons. The first-order valence-corrected chi connectivity index (χ1v) is 22.9. The molecule has 7 heteroatoms. The van der Waals surface area contributed by atoms with E-state index in [1.54, 1.807) is 12.1 Å². The van der Waals surface area contributed by atoms with Crippen LogP contribution in [0.15, 0.2) is 60.7 Å². The van der Waals surface area contributed by atoms with Crippen molar-refractivity contribution in [2.75, 3.05) is 13.1 Å². The van der Waals surface area contributed by atoms with Crippen molar-refractivity contribution < 1.29 is 23.9 Å². The van der Waals surface area contributed by atoms with Gasteiger partial charge in [-0.25, -0.2) is 0 Å². The number of hydrogen-bond acceptors (Lipinski definition) is 5. The minimum absolute atomic E-state index is 0.154. The van der Waals surface area contributed by atoms with Crippen LogP contribution in [-0.4, -0.2) is 41.4 Å². The van der Waals surface area contributed by atoms with Crippen LogP contribution in [0.3, 0.4) is 0 Å². The molecule has 5 rings (SSSR count). The number of nitrogens with zero attached hydrogens (tertiary/aromatic N) is 1. The summed E-state index contributed by atoms with van der Waals surface area (Å²) in [5, 5.41) is 3.21. The Morgan fingerprint density at radius 1 is 0.797 bits per heavy atom. The van der Waals surface area contributed by atoms with Gasteiger partial charge in [0.05, 0.1) is 17.9 Å². The predicted molar refractivity (Wildman–Crippen MR) is 240 cm³/mol. The van der Waals surface area contributed by atoms with Gasteiger partial charge in [0.1, 0.15) is 17.1 Å². The zero-order chi connectivity index (χ0) is 42.7. The number of amides is 2. The van der Waals surface area contributed by atoms with Crippen LogP contribution in [-0.2, 0) is 21.5 Å². The van der Waals surface area contributed by atoms with Gasteiger partial charge in [-0.1, -0.05) is 121 Å². The lowest BCUT2D eigenvalue weighted by molar-refractivity contribution is -0.145. The Hall–Kier alpha value is -4.13. The summed E-state index contributed by atoms with van der Waals surface area (Å²) in [7, 11) is 0. The van der Waals surface area contributed by atoms with Gasteiger partial charge < -0.3 is 19.7 Å². The van der Waals surface area contributed by atoms with Gasteiger partial charge >= 0.3 is 5.97 Å². The highest BCUT2D eigenvalue weighted by Gasteiger charge is 2.46. The van der Waals surface area contributed by atoms with E-state index in [4.69, 9.17) is 9.47 Å². The fourth-order valence-corrected chi connectivity index (χ4v) is 9.47. The normalized spacial score (nSPS) is 19.0. The highest BCUT2D eigenvalue weighted by molar-refractivity contribution is 5.96. The summed E-state index contributed by atoms with van der Waals surface area (Å²) in [6.45, 7) is 20.9. The van der Waals surface area contributed by atoms with E-state index >= 15 is 0 Å². The Bertz CT molecular complexity index is 1850. The largest absolute Gasteiger partial charge is 0.487 e. The third-order valence-corrected chi connectivity index (χ3v) is 13.6. The van der Waals surface area contributed by atoms with Gasteiger partial charge in [-0.15, -0.1) is 0 Å². The predicted octanol–water partition coefficient (Wildman–Crippen LogP) is 12.0. The van der Waals surface area contributed by atoms with E-state index in [1.165, 1.54) is 44.9 Å². The van der Waals surface area contributed by atoms with Crippen LogP contribution in [0.2, 0.25) is 0 Å². The van der Waals surface area contributed by atoms with Crippen LogP contribution in [0.1, 0.15) is 163 Å². The molecule has 1 N–H and O–H groups in total. The number of benzene rings is 3. The first-order valence-electron chi connectivity index (χ1n) is 22.9. The topological polar surface area (TPSA) is 84.9 Å². The first-order chi connectivity index (χ1) is 28.1. The van der Waals surface area contributed by atoms with E-state index in [0.717, 1.165) is 89.8 Å². The van der Waals surface area contributed by atoms with Crippen molar-refractivity contribution in [1.29, 1.82) is 0 Å². The van der Waals surface area contributed by atoms with Crippen molar-refractivity contribution in [3.63, 3.8) is 0 Å². The monoisotopic (exact) mass is 807 g/mol. The molecule has 2 heterocycles. The van der Waals surface area contributed by atoms with Crippen LogP contribution < -0.4 is 14.8 Å². The molecule has 0 aliphatic carbocycles. The zero-order valence-electron chi connectivity index (χ0n) is 37.9. The fourth-order valence-electron chi connectivity index (χ4n) is 9.47. The summed E-state index contributed by atoms with van der Waals surface area (Å²) < 4.78 is 13.2. The zero-order valence-corrected chi connectivity index (χ0v) is 37.9. The third-order valence-electron chi connectivity index (χ3n) is 13.6. The molecule has 5 atom stereocenters. The summed E-state index contributed by atoms with van der Waals surface area (Å²) in [5.41, 5.74) is 3.66. The fraction of sp³-hybridized carbons (Fsp3) is 0.596. The SMILES string of the molecule is Cc1c(C)c2c(c(C)c1OC(=O)C[C@H](C(=O)N1CCCC1)[C@](C)(NC(=O)c1ccccc1)c1ccccc1)CC[C@@](C)(CCC[C@H](C)CCC[C@H](C)CCCC(C)C)O2. The number of hydrogen-bond donors (Lipinski definition) is 1. The van der Waals surface area contributed by atoms with E-state index in [1.807, 2.05) is 74.2 Å². The maximum atomic E-state index is 14.5. The number of carbonyl (C=O) groups is 3. The van der Waals surface area contributed by atoms with E-state index < -0.39 is 17.4 Å². The van der Waals surface area contributed by atoms with Crippen molar-refractivity contribution in [3.05, 3.63) is 94.0 Å². The molecule has 3 aromatic rings. The average Bonchev–Trinajstić information content (AvgIpc) is 3.76. The molecule has 59 heavy (non-hydrogen) atoms. The van der Waals surface area contributed by atoms with Crippen LogP contribution in [0.5, 0.6) is 11.5 Å². The average molecular weight is 807 g/mol. The standard InChI is InChI=1S/C52H74N2O5/c1-36(2)21-18-22-37(3)23-19-24-38(4)25-20-31-51(8)32-30-44-41(7)47(39(5)40(6)48(44)59-51)58-46(55)35-45(50(57)54-33-16-17-34-54)52(9,43-28-14-11-15-29-43)53-49(56)42-26-12-10-13-27-42/h10-15,26-29,36-38,45H,16-25,30-35H2,1-9H3,(H,53,56)/t37-,38-,45-,51-,52-/m1/s1. The third kappa shape index (κ3) is 12.0. The van der Waals surface area contributed by atoms with Crippen LogP contribution in [0.25, 0.3) is 0 Å². The highest BCUT2D eigenvalue weighted by atomic mass is 16.5. The second kappa shape index (κ2) is 20.9. The number of likely N-dealkylation sites (tertiary alicyclic amines) is 1. The van der Waals surface area contributed by atoms with E-state index in [2.05, 4.69) is 46.9 Å². The Morgan fingerprint density at radius 2 is 1.37 bits per heavy atom. The van der Waals surface area contributed by atoms with Crippen molar-refractivity contribution >= 4 is 17.8 Å². The summed E-state index contributed by atoms with van der Waals surface area (Å²) in [5.74, 6) is 1.95. The molecule has 0 unspecified atom stereocenters. The second-order valence-corrected chi connectivity index (χ2v) is 19.1. The highest BCUT2D eigenvalue weighted by Crippen LogP contribution is 2.45. The Kier molecular flexibility index (Phi) is 16.3. The van der Waals surface area contributed by atoms with Gasteiger partial charge in [0.15, 0.2) is 0 Å². The lowest BCUT2D eigenvalue weighted by Gasteiger charge is -2.40. The number of esters is 1. The number of fused-ring (bicyclic) bond motifs is 1. The summed E-state index contributed by atoms with van der Waals surface area (Å²) in [6, 6.07) is 18.5. The lowest BCUT2D eigenvalue weighted by atomic mass is 9.76. The smallest absolute Gasteiger partial charge is 0.312 e. The molecule has 1 saturated heterocycles. The molecule has 7 nitrogen and oxygen atoms in total. The Morgan fingerprint density at radius 3 is 1.98 bits per heavy atom. The van der Waals surface area contributed by atoms with Crippen LogP contribution >= 0.6 is 0 Å². The summed E-state index contributed by atoms with van der Waals surface area (Å²) in [6.07, 6.45) is 14.8. The van der Waals surface area contributed by atoms with E-state index in [-0.39, 0.29) is 23.8 Å². The molecule has 0 spiro atoms. The first kappa shape index (κ1) is 45.9. The lowest BCUT2D eigenvalue weighted by Crippen LogP contribution is -2.55. The number of rotatable bonds is 20. The molecule has 1 fully saturated rings. The second-order valence-electron chi connectivity index (χ2n) is 19.1. The quantitative estimate of drug-likeness (QED) is 0.0908. The van der Waals surface area contributed by atoms with Gasteiger partial charge in [-0.3, -0.25) is 14.4 Å². The molecule has 2 aliphatic heterocycles. The Labute approximate surface area is 356 Å². The minimum Gasteiger partial charge on any atom is -0.487 e. The minimum atomic E-state index is -1.20. The summed E-state index contributed by atoms with van der Waals surface area (Å²) in [4.78, 5) is 44.4. The van der Waals surface area contributed by atoms with Gasteiger partial charge in [0.25, 0.3) is 5.91 Å². The van der Waals surface area contributed by atoms with Crippen molar-refractivity contribution in [2.24, 2.45) is 23.7 Å². The Balaban J connectivity index is 1.28. The molecular weight excluding hydrogens is 733 g/mol. The molecule has 0 aromatic heterocycles. The number of ether oxygens (including phenoxy) is 2. The van der Waals surface area contributed by atoms with Gasteiger partial charge in [0, 0.05) is 24.2 Å². The van der Waals surface area contributed by atoms with Crippen LogP contribution in [0, 0.1) is 44.4 Å². The van der Waals surface area contributed by atoms with Crippen LogP contribution in [0.4, 0.5) is 0 Å². The van der Waals surface area contributed by atoms with Crippen molar-refractivity contribution in [1.82, 2.24) is 10.2 Å². The molecule has 0 saturated carbocycles. The molecular formula is C52H74N2O5. The molecule has 0 radical (unpaired) electrons. The van der Waals surface area contributed by atoms with Gasteiger partial charge in [-0.05, 0) is 125 Å². The summed E-state index contributed by atoms with van der Waals surface area (Å²) >= 11 is 0. The van der Waals surface area contributed by atoms with Gasteiger partial charge in [-0.2, -0.15) is 0 Å². The molecule has 3 aromatic carbocycles. The van der Waals surface area contributed by atoms with E-state index in [9.17, 15) is 14.4 Å². The molecule has 2 amide bonds. The van der Waals surface area contributed by atoms with Gasteiger partial charge in [0.2, 0.25) is 5.91 Å². The maximum Gasteiger partial charge on any atom is 0.312 e. The van der Waals surface area contributed by atoms with Crippen molar-refractivity contribution in [3.8, 4) is 11.5 Å². The maximum absolute atomic E-state index is 14.5. The molecule has 2 aliphatic rings. The number of carbonyl (C=O) groups excluding carboxylic acids is 3.